The quantitative estimate of drug-likeness (QED) is 0.244. The van der Waals surface area contributed by atoms with Gasteiger partial charge >= 0.3 is 5.97 Å². The van der Waals surface area contributed by atoms with Crippen LogP contribution in [0.5, 0.6) is 0 Å². The van der Waals surface area contributed by atoms with Crippen LogP contribution in [0.4, 0.5) is 0 Å². The predicted molar refractivity (Wildman–Crippen MR) is 62.1 cm³/mol. The van der Waals surface area contributed by atoms with E-state index in [0.29, 0.717) is 19.4 Å². The molecule has 0 amide bonds. The normalized spacial score (nSPS) is 27.2. The molecule has 110 valence electrons. The fourth-order valence-corrected chi connectivity index (χ4v) is 1.78. The smallest absolute Gasteiger partial charge is 0.323 e. The van der Waals surface area contributed by atoms with Crippen LogP contribution in [0, 0.1) is 0 Å². The molecule has 8 nitrogen and oxygen atoms in total. The molecule has 1 saturated heterocycles. The molecular formula is C11H19NO7. The Balaban J connectivity index is 2.73. The third-order valence-electron chi connectivity index (χ3n) is 2.90. The number of ether oxygens (including phenoxy) is 1. The maximum Gasteiger partial charge on any atom is 0.323 e. The average Bonchev–Trinajstić information content (AvgIpc) is 2.88. The Morgan fingerprint density at radius 2 is 2.21 bits per heavy atom. The highest BCUT2D eigenvalue weighted by Crippen LogP contribution is 2.13. The number of carbonyl (C=O) groups is 2. The molecule has 0 bridgehead atoms. The molecule has 1 aliphatic rings. The largest absolute Gasteiger partial charge is 0.455 e. The highest BCUT2D eigenvalue weighted by molar-refractivity contribution is 5.76. The lowest BCUT2D eigenvalue weighted by Gasteiger charge is -2.28. The third-order valence-corrected chi connectivity index (χ3v) is 2.90. The number of hydrogen-bond acceptors (Lipinski definition) is 8. The first-order valence-corrected chi connectivity index (χ1v) is 5.98. The molecule has 1 rings (SSSR count). The van der Waals surface area contributed by atoms with Crippen LogP contribution in [0.2, 0.25) is 1.41 Å². The molecule has 8 heteroatoms. The van der Waals surface area contributed by atoms with Crippen molar-refractivity contribution in [1.82, 2.24) is 5.31 Å². The first kappa shape index (κ1) is 14.4. The molecule has 5 atom stereocenters. The van der Waals surface area contributed by atoms with E-state index >= 15 is 0 Å². The van der Waals surface area contributed by atoms with E-state index in [4.69, 9.17) is 11.3 Å². The van der Waals surface area contributed by atoms with Crippen LogP contribution >= 0.6 is 0 Å². The molecule has 0 aliphatic carbocycles. The number of hydrogen-bond donors (Lipinski definition) is 5. The van der Waals surface area contributed by atoms with Crippen LogP contribution in [0.15, 0.2) is 0 Å². The van der Waals surface area contributed by atoms with Crippen molar-refractivity contribution in [2.24, 2.45) is 0 Å². The number of esters is 1. The van der Waals surface area contributed by atoms with Gasteiger partial charge in [0.25, 0.3) is 0 Å². The average molecular weight is 278 g/mol. The Labute approximate surface area is 111 Å². The number of rotatable bonds is 7. The molecule has 0 aromatic rings. The highest BCUT2D eigenvalue weighted by atomic mass is 16.6. The fourth-order valence-electron chi connectivity index (χ4n) is 1.78. The van der Waals surface area contributed by atoms with Crippen molar-refractivity contribution in [3.05, 3.63) is 0 Å². The van der Waals surface area contributed by atoms with Gasteiger partial charge in [-0.05, 0) is 19.4 Å². The van der Waals surface area contributed by atoms with Crippen molar-refractivity contribution >= 4 is 12.3 Å². The minimum atomic E-state index is -1.86. The fraction of sp³-hybridized carbons (Fsp3) is 0.818. The van der Waals surface area contributed by atoms with Crippen molar-refractivity contribution in [2.75, 3.05) is 13.2 Å². The molecule has 0 radical (unpaired) electrons. The molecule has 19 heavy (non-hydrogen) atoms. The molecule has 1 fully saturated rings. The van der Waals surface area contributed by atoms with E-state index in [1.54, 1.807) is 0 Å². The summed E-state index contributed by atoms with van der Waals surface area (Å²) in [5, 5.41) is 38.3. The summed E-state index contributed by atoms with van der Waals surface area (Å²) in [6, 6.07) is -0.830. The van der Waals surface area contributed by atoms with Gasteiger partial charge in [0.2, 0.25) is 0 Å². The van der Waals surface area contributed by atoms with Crippen molar-refractivity contribution in [3.63, 3.8) is 0 Å². The molecule has 0 saturated carbocycles. The summed E-state index contributed by atoms with van der Waals surface area (Å²) in [6.45, 7) is -0.428. The molecule has 0 aromatic heterocycles. The van der Waals surface area contributed by atoms with Gasteiger partial charge in [-0.3, -0.25) is 4.79 Å². The maximum atomic E-state index is 11.8. The molecule has 1 heterocycles. The monoisotopic (exact) mass is 278 g/mol. The van der Waals surface area contributed by atoms with E-state index in [9.17, 15) is 24.9 Å². The summed E-state index contributed by atoms with van der Waals surface area (Å²) in [5.41, 5.74) is 0. The summed E-state index contributed by atoms with van der Waals surface area (Å²) < 4.78 is 12.4. The van der Waals surface area contributed by atoms with Crippen LogP contribution in [0.25, 0.3) is 0 Å². The van der Waals surface area contributed by atoms with Gasteiger partial charge < -0.3 is 35.3 Å². The van der Waals surface area contributed by atoms with Crippen LogP contribution in [0.3, 0.4) is 0 Å². The van der Waals surface area contributed by atoms with E-state index in [-0.39, 0.29) is 6.29 Å². The van der Waals surface area contributed by atoms with Gasteiger partial charge in [-0.2, -0.15) is 0 Å². The van der Waals surface area contributed by atoms with E-state index < -0.39 is 43.0 Å². The molecule has 0 aromatic carbocycles. The van der Waals surface area contributed by atoms with Crippen molar-refractivity contribution in [1.29, 1.82) is 0 Å². The zero-order valence-corrected chi connectivity index (χ0v) is 10.3. The number of aliphatic hydroxyl groups excluding tert-OH is 4. The second-order valence-corrected chi connectivity index (χ2v) is 4.33. The lowest BCUT2D eigenvalue weighted by molar-refractivity contribution is -0.177. The van der Waals surface area contributed by atoms with Gasteiger partial charge in [0, 0.05) is 0 Å². The van der Waals surface area contributed by atoms with Gasteiger partial charge in [-0.25, -0.2) is 0 Å². The molecular weight excluding hydrogens is 258 g/mol. The van der Waals surface area contributed by atoms with Crippen LogP contribution in [-0.4, -0.2) is 76.3 Å². The van der Waals surface area contributed by atoms with Crippen molar-refractivity contribution in [3.8, 4) is 0 Å². The number of carbonyl (C=O) groups excluding carboxylic acids is 2. The first-order valence-electron chi connectivity index (χ1n) is 6.43. The SMILES string of the molecule is [2H]N1CCC[C@H]1C(=O)O[C@@H]([C@H](O)[C@H](O)C=O)[C@H](O)CO. The minimum absolute atomic E-state index is 0.0297. The van der Waals surface area contributed by atoms with Crippen molar-refractivity contribution < 1.29 is 36.2 Å². The second-order valence-electron chi connectivity index (χ2n) is 4.33. The topological polar surface area (TPSA) is 136 Å². The van der Waals surface area contributed by atoms with E-state index in [0.717, 1.165) is 5.31 Å². The predicted octanol–water partition coefficient (Wildman–Crippen LogP) is -3.08. The maximum absolute atomic E-state index is 11.8. The number of nitrogens with one attached hydrogen (secondary N) is 1. The summed E-state index contributed by atoms with van der Waals surface area (Å²) in [5.74, 6) is -0.854. The molecule has 0 unspecified atom stereocenters. The molecule has 1 aliphatic heterocycles. The molecule has 5 N–H and O–H groups in total. The van der Waals surface area contributed by atoms with E-state index in [1.165, 1.54) is 0 Å². The molecule has 0 spiro atoms. The zero-order valence-electron chi connectivity index (χ0n) is 11.3. The van der Waals surface area contributed by atoms with E-state index in [2.05, 4.69) is 0 Å². The first-order chi connectivity index (χ1) is 9.42. The standard InChI is InChI=1S/C11H19NO7/c13-4-7(15)9(17)10(8(16)5-14)19-11(18)6-2-1-3-12-6/h4,6-10,12,14-17H,1-3,5H2/t6-,7+,8+,9+,10+/m0/s1/i/hD. The number of aliphatic hydroxyl groups is 4. The summed E-state index contributed by atoms with van der Waals surface area (Å²) in [6.07, 6.45) is -5.95. The van der Waals surface area contributed by atoms with Crippen LogP contribution < -0.4 is 5.31 Å². The summed E-state index contributed by atoms with van der Waals surface area (Å²) in [4.78, 5) is 22.3. The highest BCUT2D eigenvalue weighted by Gasteiger charge is 2.37. The zero-order chi connectivity index (χ0) is 15.3. The Morgan fingerprint density at radius 1 is 1.53 bits per heavy atom. The Kier molecular flexibility index (Phi) is 5.67. The van der Waals surface area contributed by atoms with Gasteiger partial charge in [-0.15, -0.1) is 0 Å². The van der Waals surface area contributed by atoms with Gasteiger partial charge in [0.1, 0.15) is 25.8 Å². The number of aldehydes is 1. The summed E-state index contributed by atoms with van der Waals surface area (Å²) in [7, 11) is 0. The van der Waals surface area contributed by atoms with Crippen molar-refractivity contribution in [2.45, 2.75) is 43.3 Å². The van der Waals surface area contributed by atoms with Gasteiger partial charge in [0.15, 0.2) is 12.4 Å². The lowest BCUT2D eigenvalue weighted by atomic mass is 10.0. The van der Waals surface area contributed by atoms with E-state index in [1.807, 2.05) is 0 Å². The Morgan fingerprint density at radius 3 is 2.68 bits per heavy atom. The van der Waals surface area contributed by atoms with Gasteiger partial charge in [0.05, 0.1) is 6.61 Å². The second kappa shape index (κ2) is 7.51. The summed E-state index contributed by atoms with van der Waals surface area (Å²) >= 11 is 0. The lowest BCUT2D eigenvalue weighted by Crippen LogP contribution is -2.50. The van der Waals surface area contributed by atoms with Crippen LogP contribution in [-0.2, 0) is 14.3 Å². The minimum Gasteiger partial charge on any atom is -0.455 e. The van der Waals surface area contributed by atoms with Crippen LogP contribution in [0.1, 0.15) is 12.8 Å². The third kappa shape index (κ3) is 4.22. The van der Waals surface area contributed by atoms with Gasteiger partial charge in [-0.1, -0.05) is 0 Å². The Hall–Kier alpha value is -1.06. The Bertz CT molecular complexity index is 343.